The van der Waals surface area contributed by atoms with Gasteiger partial charge in [-0.15, -0.1) is 0 Å². The lowest BCUT2D eigenvalue weighted by atomic mass is 9.90. The Labute approximate surface area is 177 Å². The summed E-state index contributed by atoms with van der Waals surface area (Å²) in [5.41, 5.74) is 5.99. The molecule has 0 aliphatic heterocycles. The third kappa shape index (κ3) is 4.03. The first kappa shape index (κ1) is 19.6. The van der Waals surface area contributed by atoms with Crippen LogP contribution in [0.25, 0.3) is 5.69 Å². The Balaban J connectivity index is 1.58. The predicted octanol–water partition coefficient (Wildman–Crippen LogP) is 4.94. The minimum absolute atomic E-state index is 0.0151. The molecule has 0 saturated heterocycles. The summed E-state index contributed by atoms with van der Waals surface area (Å²) in [6.07, 6.45) is 0. The van der Waals surface area contributed by atoms with E-state index in [1.54, 1.807) is 0 Å². The molecule has 0 fully saturated rings. The smallest absolute Gasteiger partial charge is 0.232 e. The van der Waals surface area contributed by atoms with Gasteiger partial charge >= 0.3 is 0 Å². The van der Waals surface area contributed by atoms with Crippen molar-refractivity contribution in [3.8, 4) is 5.69 Å². The monoisotopic (exact) mass is 395 g/mol. The van der Waals surface area contributed by atoms with E-state index in [9.17, 15) is 4.79 Å². The Morgan fingerprint density at radius 2 is 1.33 bits per heavy atom. The van der Waals surface area contributed by atoms with Crippen LogP contribution in [0.15, 0.2) is 91.0 Å². The molecule has 0 aliphatic carbocycles. The van der Waals surface area contributed by atoms with Gasteiger partial charge in [-0.3, -0.25) is 4.79 Å². The van der Waals surface area contributed by atoms with E-state index in [1.165, 1.54) is 0 Å². The van der Waals surface area contributed by atoms with E-state index in [4.69, 9.17) is 0 Å². The minimum Gasteiger partial charge on any atom is -0.351 e. The third-order valence-corrected chi connectivity index (χ3v) is 5.41. The summed E-state index contributed by atoms with van der Waals surface area (Å²) in [6, 6.07) is 29.9. The van der Waals surface area contributed by atoms with Crippen LogP contribution >= 0.6 is 0 Å². The molecule has 0 radical (unpaired) electrons. The Morgan fingerprint density at radius 1 is 0.833 bits per heavy atom. The SMILES string of the molecule is Cc1nn(-c2ccccc2)c(C)c1CNC(=O)C(c1ccccc1)c1ccccc1. The molecule has 150 valence electrons. The second-order valence-corrected chi connectivity index (χ2v) is 7.37. The van der Waals surface area contributed by atoms with Gasteiger partial charge in [0.05, 0.1) is 17.3 Å². The molecule has 1 aromatic heterocycles. The standard InChI is InChI=1S/C26H25N3O/c1-19-24(20(2)29(28-19)23-16-10-5-11-17-23)18-27-26(30)25(21-12-6-3-7-13-21)22-14-8-4-9-15-22/h3-17,25H,18H2,1-2H3,(H,27,30). The summed E-state index contributed by atoms with van der Waals surface area (Å²) in [7, 11) is 0. The van der Waals surface area contributed by atoms with Crippen LogP contribution in [-0.4, -0.2) is 15.7 Å². The summed E-state index contributed by atoms with van der Waals surface area (Å²) >= 11 is 0. The average Bonchev–Trinajstić information content (AvgIpc) is 3.08. The van der Waals surface area contributed by atoms with Gasteiger partial charge in [-0.25, -0.2) is 4.68 Å². The molecule has 0 spiro atoms. The summed E-state index contributed by atoms with van der Waals surface area (Å²) in [5.74, 6) is -0.365. The van der Waals surface area contributed by atoms with Gasteiger partial charge in [-0.05, 0) is 37.1 Å². The third-order valence-electron chi connectivity index (χ3n) is 5.41. The van der Waals surface area contributed by atoms with Crippen molar-refractivity contribution < 1.29 is 4.79 Å². The van der Waals surface area contributed by atoms with E-state index < -0.39 is 0 Å². The number of aryl methyl sites for hydroxylation is 1. The second kappa shape index (κ2) is 8.78. The normalized spacial score (nSPS) is 10.9. The average molecular weight is 396 g/mol. The molecule has 1 heterocycles. The van der Waals surface area contributed by atoms with Crippen molar-refractivity contribution in [2.75, 3.05) is 0 Å². The number of aromatic nitrogens is 2. The number of para-hydroxylation sites is 1. The highest BCUT2D eigenvalue weighted by Gasteiger charge is 2.23. The predicted molar refractivity (Wildman–Crippen MR) is 120 cm³/mol. The maximum absolute atomic E-state index is 13.3. The molecule has 0 bridgehead atoms. The zero-order valence-electron chi connectivity index (χ0n) is 17.2. The van der Waals surface area contributed by atoms with Crippen LogP contribution in [0.5, 0.6) is 0 Å². The highest BCUT2D eigenvalue weighted by molar-refractivity contribution is 5.87. The largest absolute Gasteiger partial charge is 0.351 e. The first-order valence-electron chi connectivity index (χ1n) is 10.1. The van der Waals surface area contributed by atoms with Gasteiger partial charge in [0.1, 0.15) is 0 Å². The number of carbonyl (C=O) groups excluding carboxylic acids is 1. The Morgan fingerprint density at radius 3 is 1.87 bits per heavy atom. The fourth-order valence-corrected chi connectivity index (χ4v) is 3.82. The van der Waals surface area contributed by atoms with Crippen LogP contribution in [0.2, 0.25) is 0 Å². The van der Waals surface area contributed by atoms with Crippen LogP contribution in [-0.2, 0) is 11.3 Å². The van der Waals surface area contributed by atoms with Gasteiger partial charge in [0.2, 0.25) is 5.91 Å². The number of nitrogens with one attached hydrogen (secondary N) is 1. The van der Waals surface area contributed by atoms with Crippen molar-refractivity contribution in [2.45, 2.75) is 26.3 Å². The van der Waals surface area contributed by atoms with Crippen molar-refractivity contribution in [3.63, 3.8) is 0 Å². The molecular weight excluding hydrogens is 370 g/mol. The fourth-order valence-electron chi connectivity index (χ4n) is 3.82. The second-order valence-electron chi connectivity index (χ2n) is 7.37. The van der Waals surface area contributed by atoms with Crippen LogP contribution < -0.4 is 5.32 Å². The number of hydrogen-bond acceptors (Lipinski definition) is 2. The summed E-state index contributed by atoms with van der Waals surface area (Å²) in [5, 5.41) is 7.84. The van der Waals surface area contributed by atoms with E-state index in [0.29, 0.717) is 6.54 Å². The zero-order chi connectivity index (χ0) is 20.9. The molecule has 0 unspecified atom stereocenters. The van der Waals surface area contributed by atoms with Crippen LogP contribution in [0.3, 0.4) is 0 Å². The zero-order valence-corrected chi connectivity index (χ0v) is 17.2. The van der Waals surface area contributed by atoms with Gasteiger partial charge < -0.3 is 5.32 Å². The lowest BCUT2D eigenvalue weighted by Crippen LogP contribution is -2.30. The summed E-state index contributed by atoms with van der Waals surface area (Å²) < 4.78 is 1.93. The van der Waals surface area contributed by atoms with Gasteiger partial charge in [-0.1, -0.05) is 78.9 Å². The molecule has 1 N–H and O–H groups in total. The number of nitrogens with zero attached hydrogens (tertiary/aromatic N) is 2. The Hall–Kier alpha value is -3.66. The first-order chi connectivity index (χ1) is 14.6. The highest BCUT2D eigenvalue weighted by Crippen LogP contribution is 2.25. The van der Waals surface area contributed by atoms with E-state index in [2.05, 4.69) is 10.4 Å². The van der Waals surface area contributed by atoms with E-state index in [1.807, 2.05) is 110 Å². The van der Waals surface area contributed by atoms with Crippen molar-refractivity contribution >= 4 is 5.91 Å². The highest BCUT2D eigenvalue weighted by atomic mass is 16.1. The van der Waals surface area contributed by atoms with Gasteiger partial charge in [0.15, 0.2) is 0 Å². The number of amides is 1. The summed E-state index contributed by atoms with van der Waals surface area (Å²) in [6.45, 7) is 4.47. The molecular formula is C26H25N3O. The molecule has 4 nitrogen and oxygen atoms in total. The first-order valence-corrected chi connectivity index (χ1v) is 10.1. The van der Waals surface area contributed by atoms with Crippen molar-refractivity contribution in [1.82, 2.24) is 15.1 Å². The van der Waals surface area contributed by atoms with Crippen LogP contribution in [0, 0.1) is 13.8 Å². The fraction of sp³-hybridized carbons (Fsp3) is 0.154. The van der Waals surface area contributed by atoms with E-state index in [-0.39, 0.29) is 11.8 Å². The van der Waals surface area contributed by atoms with Crippen molar-refractivity contribution in [3.05, 3.63) is 119 Å². The van der Waals surface area contributed by atoms with Crippen molar-refractivity contribution in [1.29, 1.82) is 0 Å². The maximum atomic E-state index is 13.3. The van der Waals surface area contributed by atoms with Gasteiger partial charge in [-0.2, -0.15) is 5.10 Å². The van der Waals surface area contributed by atoms with Crippen molar-refractivity contribution in [2.24, 2.45) is 0 Å². The lowest BCUT2D eigenvalue weighted by Gasteiger charge is -2.18. The molecule has 1 amide bonds. The molecule has 4 rings (SSSR count). The van der Waals surface area contributed by atoms with Crippen LogP contribution in [0.4, 0.5) is 0 Å². The number of carbonyl (C=O) groups is 1. The molecule has 3 aromatic carbocycles. The molecule has 0 aliphatic rings. The van der Waals surface area contributed by atoms with Gasteiger partial charge in [0, 0.05) is 17.8 Å². The molecule has 4 heteroatoms. The lowest BCUT2D eigenvalue weighted by molar-refractivity contribution is -0.121. The number of benzene rings is 3. The topological polar surface area (TPSA) is 46.9 Å². The Kier molecular flexibility index (Phi) is 5.75. The number of hydrogen-bond donors (Lipinski definition) is 1. The maximum Gasteiger partial charge on any atom is 0.232 e. The molecule has 4 aromatic rings. The van der Waals surface area contributed by atoms with Gasteiger partial charge in [0.25, 0.3) is 0 Å². The number of rotatable bonds is 6. The summed E-state index contributed by atoms with van der Waals surface area (Å²) in [4.78, 5) is 13.3. The Bertz CT molecular complexity index is 1080. The minimum atomic E-state index is -0.350. The van der Waals surface area contributed by atoms with E-state index >= 15 is 0 Å². The van der Waals surface area contributed by atoms with Crippen LogP contribution in [0.1, 0.15) is 34.0 Å². The molecule has 0 atom stereocenters. The molecule has 0 saturated carbocycles. The van der Waals surface area contributed by atoms with E-state index in [0.717, 1.165) is 33.8 Å². The quantitative estimate of drug-likeness (QED) is 0.503. The molecule has 30 heavy (non-hydrogen) atoms.